The van der Waals surface area contributed by atoms with Gasteiger partial charge in [-0.15, -0.1) is 0 Å². The van der Waals surface area contributed by atoms with Crippen molar-refractivity contribution in [1.82, 2.24) is 9.88 Å². The SMILES string of the molecule is CN(C)CCOc1ccc(N)nc1. The number of pyridine rings is 1. The molecule has 0 bridgehead atoms. The fourth-order valence-corrected chi connectivity index (χ4v) is 0.823. The minimum Gasteiger partial charge on any atom is -0.491 e. The smallest absolute Gasteiger partial charge is 0.137 e. The molecule has 0 spiro atoms. The molecular formula is C9H15N3O. The highest BCUT2D eigenvalue weighted by molar-refractivity contribution is 5.31. The number of hydrogen-bond donors (Lipinski definition) is 1. The van der Waals surface area contributed by atoms with Crippen molar-refractivity contribution in [2.45, 2.75) is 0 Å². The highest BCUT2D eigenvalue weighted by atomic mass is 16.5. The molecule has 0 unspecified atom stereocenters. The highest BCUT2D eigenvalue weighted by Gasteiger charge is 1.94. The Morgan fingerprint density at radius 1 is 1.46 bits per heavy atom. The van der Waals surface area contributed by atoms with Crippen molar-refractivity contribution in [1.29, 1.82) is 0 Å². The standard InChI is InChI=1S/C9H15N3O/c1-12(2)5-6-13-8-3-4-9(10)11-7-8/h3-4,7H,5-6H2,1-2H3,(H2,10,11). The molecule has 0 aliphatic rings. The third-order valence-electron chi connectivity index (χ3n) is 1.57. The van der Waals surface area contributed by atoms with E-state index in [0.29, 0.717) is 12.4 Å². The lowest BCUT2D eigenvalue weighted by Crippen LogP contribution is -2.19. The van der Waals surface area contributed by atoms with Crippen molar-refractivity contribution >= 4 is 5.82 Å². The molecule has 0 fully saturated rings. The second kappa shape index (κ2) is 4.67. The summed E-state index contributed by atoms with van der Waals surface area (Å²) < 4.78 is 5.41. The minimum absolute atomic E-state index is 0.514. The predicted molar refractivity (Wildman–Crippen MR) is 52.7 cm³/mol. The van der Waals surface area contributed by atoms with Gasteiger partial charge >= 0.3 is 0 Å². The molecule has 1 heterocycles. The molecule has 0 radical (unpaired) electrons. The molecular weight excluding hydrogens is 166 g/mol. The molecule has 0 saturated carbocycles. The molecule has 0 amide bonds. The average molecular weight is 181 g/mol. The first-order valence-corrected chi connectivity index (χ1v) is 4.17. The van der Waals surface area contributed by atoms with Gasteiger partial charge in [-0.25, -0.2) is 4.98 Å². The molecule has 4 heteroatoms. The van der Waals surface area contributed by atoms with Gasteiger partial charge in [0.15, 0.2) is 0 Å². The van der Waals surface area contributed by atoms with Crippen molar-refractivity contribution in [3.8, 4) is 5.75 Å². The average Bonchev–Trinajstić information content (AvgIpc) is 2.08. The first kappa shape index (κ1) is 9.80. The summed E-state index contributed by atoms with van der Waals surface area (Å²) in [6.07, 6.45) is 1.63. The number of hydrogen-bond acceptors (Lipinski definition) is 4. The van der Waals surface area contributed by atoms with E-state index in [0.717, 1.165) is 12.3 Å². The van der Waals surface area contributed by atoms with E-state index in [-0.39, 0.29) is 0 Å². The van der Waals surface area contributed by atoms with Gasteiger partial charge in [-0.2, -0.15) is 0 Å². The van der Waals surface area contributed by atoms with Crippen molar-refractivity contribution in [3.63, 3.8) is 0 Å². The molecule has 0 aromatic carbocycles. The van der Waals surface area contributed by atoms with E-state index in [2.05, 4.69) is 9.88 Å². The molecule has 0 aliphatic carbocycles. The van der Waals surface area contributed by atoms with E-state index in [9.17, 15) is 0 Å². The normalized spacial score (nSPS) is 10.4. The number of anilines is 1. The number of aromatic nitrogens is 1. The zero-order valence-electron chi connectivity index (χ0n) is 8.03. The van der Waals surface area contributed by atoms with Crippen LogP contribution < -0.4 is 10.5 Å². The second-order valence-corrected chi connectivity index (χ2v) is 3.07. The van der Waals surface area contributed by atoms with Gasteiger partial charge in [0.05, 0.1) is 6.20 Å². The molecule has 0 aliphatic heterocycles. The minimum atomic E-state index is 0.514. The Balaban J connectivity index is 2.33. The van der Waals surface area contributed by atoms with Crippen LogP contribution in [-0.4, -0.2) is 37.1 Å². The van der Waals surface area contributed by atoms with Crippen LogP contribution in [0.3, 0.4) is 0 Å². The number of nitrogens with two attached hydrogens (primary N) is 1. The summed E-state index contributed by atoms with van der Waals surface area (Å²) in [5.41, 5.74) is 5.43. The van der Waals surface area contributed by atoms with Crippen molar-refractivity contribution in [2.75, 3.05) is 33.0 Å². The summed E-state index contributed by atoms with van der Waals surface area (Å²) in [4.78, 5) is 5.98. The molecule has 0 atom stereocenters. The fraction of sp³-hybridized carbons (Fsp3) is 0.444. The predicted octanol–water partition coefficient (Wildman–Crippen LogP) is 0.604. The molecule has 13 heavy (non-hydrogen) atoms. The van der Waals surface area contributed by atoms with Crippen molar-refractivity contribution < 1.29 is 4.74 Å². The third kappa shape index (κ3) is 3.75. The van der Waals surface area contributed by atoms with Gasteiger partial charge < -0.3 is 15.4 Å². The van der Waals surface area contributed by atoms with Crippen molar-refractivity contribution in [3.05, 3.63) is 18.3 Å². The number of nitrogens with zero attached hydrogens (tertiary/aromatic N) is 2. The van der Waals surface area contributed by atoms with E-state index in [1.807, 2.05) is 20.2 Å². The zero-order valence-corrected chi connectivity index (χ0v) is 8.03. The van der Waals surface area contributed by atoms with Crippen LogP contribution in [0.5, 0.6) is 5.75 Å². The summed E-state index contributed by atoms with van der Waals surface area (Å²) in [6, 6.07) is 3.54. The van der Waals surface area contributed by atoms with Crippen LogP contribution in [0, 0.1) is 0 Å². The molecule has 1 rings (SSSR count). The van der Waals surface area contributed by atoms with Crippen LogP contribution in [0.1, 0.15) is 0 Å². The van der Waals surface area contributed by atoms with Crippen molar-refractivity contribution in [2.24, 2.45) is 0 Å². The lowest BCUT2D eigenvalue weighted by Gasteiger charge is -2.10. The van der Waals surface area contributed by atoms with Crippen LogP contribution in [0.25, 0.3) is 0 Å². The third-order valence-corrected chi connectivity index (χ3v) is 1.57. The molecule has 1 aromatic rings. The fourth-order valence-electron chi connectivity index (χ4n) is 0.823. The molecule has 0 saturated heterocycles. The van der Waals surface area contributed by atoms with E-state index >= 15 is 0 Å². The maximum absolute atomic E-state index is 5.43. The summed E-state index contributed by atoms with van der Waals surface area (Å²) >= 11 is 0. The largest absolute Gasteiger partial charge is 0.491 e. The van der Waals surface area contributed by atoms with Crippen LogP contribution >= 0.6 is 0 Å². The van der Waals surface area contributed by atoms with E-state index < -0.39 is 0 Å². The first-order valence-electron chi connectivity index (χ1n) is 4.17. The Bertz CT molecular complexity index is 246. The van der Waals surface area contributed by atoms with Gasteiger partial charge in [-0.1, -0.05) is 0 Å². The van der Waals surface area contributed by atoms with E-state index in [1.54, 1.807) is 12.3 Å². The maximum Gasteiger partial charge on any atom is 0.137 e. The Labute approximate surface area is 78.3 Å². The Hall–Kier alpha value is -1.29. The molecule has 1 aromatic heterocycles. The zero-order chi connectivity index (χ0) is 9.68. The van der Waals surface area contributed by atoms with Gasteiger partial charge in [0.2, 0.25) is 0 Å². The number of rotatable bonds is 4. The van der Waals surface area contributed by atoms with Gasteiger partial charge in [-0.3, -0.25) is 0 Å². The summed E-state index contributed by atoms with van der Waals surface area (Å²) in [6.45, 7) is 1.56. The van der Waals surface area contributed by atoms with Gasteiger partial charge in [-0.05, 0) is 26.2 Å². The number of ether oxygens (including phenoxy) is 1. The van der Waals surface area contributed by atoms with Gasteiger partial charge in [0.25, 0.3) is 0 Å². The van der Waals surface area contributed by atoms with E-state index in [4.69, 9.17) is 10.5 Å². The van der Waals surface area contributed by atoms with Crippen LogP contribution in [-0.2, 0) is 0 Å². The summed E-state index contributed by atoms with van der Waals surface area (Å²) in [5, 5.41) is 0. The van der Waals surface area contributed by atoms with Crippen LogP contribution in [0.2, 0.25) is 0 Å². The summed E-state index contributed by atoms with van der Waals surface area (Å²) in [7, 11) is 4.01. The lowest BCUT2D eigenvalue weighted by atomic mass is 10.4. The van der Waals surface area contributed by atoms with E-state index in [1.165, 1.54) is 0 Å². The molecule has 2 N–H and O–H groups in total. The number of likely N-dealkylation sites (N-methyl/N-ethyl adjacent to an activating group) is 1. The monoisotopic (exact) mass is 181 g/mol. The van der Waals surface area contributed by atoms with Gasteiger partial charge in [0, 0.05) is 6.54 Å². The molecule has 4 nitrogen and oxygen atoms in total. The Kier molecular flexibility index (Phi) is 3.52. The second-order valence-electron chi connectivity index (χ2n) is 3.07. The summed E-state index contributed by atoms with van der Waals surface area (Å²) in [5.74, 6) is 1.27. The lowest BCUT2D eigenvalue weighted by molar-refractivity contribution is 0.260. The highest BCUT2D eigenvalue weighted by Crippen LogP contribution is 2.09. The topological polar surface area (TPSA) is 51.4 Å². The quantitative estimate of drug-likeness (QED) is 0.739. The maximum atomic E-state index is 5.43. The Morgan fingerprint density at radius 3 is 2.77 bits per heavy atom. The molecule has 72 valence electrons. The number of nitrogen functional groups attached to an aromatic ring is 1. The van der Waals surface area contributed by atoms with Crippen LogP contribution in [0.15, 0.2) is 18.3 Å². The van der Waals surface area contributed by atoms with Gasteiger partial charge in [0.1, 0.15) is 18.2 Å². The Morgan fingerprint density at radius 2 is 2.23 bits per heavy atom. The first-order chi connectivity index (χ1) is 6.18. The van der Waals surface area contributed by atoms with Crippen LogP contribution in [0.4, 0.5) is 5.82 Å².